The van der Waals surface area contributed by atoms with Crippen LogP contribution in [0.5, 0.6) is 0 Å². The monoisotopic (exact) mass is 286 g/mol. The van der Waals surface area contributed by atoms with E-state index in [0.717, 1.165) is 17.4 Å². The van der Waals surface area contributed by atoms with Crippen LogP contribution in [0.3, 0.4) is 0 Å². The van der Waals surface area contributed by atoms with Crippen molar-refractivity contribution >= 4 is 11.8 Å². The first-order valence-corrected chi connectivity index (χ1v) is 7.82. The lowest BCUT2D eigenvalue weighted by Crippen LogP contribution is -2.43. The van der Waals surface area contributed by atoms with Gasteiger partial charge in [-0.2, -0.15) is 0 Å². The van der Waals surface area contributed by atoms with Gasteiger partial charge in [0.2, 0.25) is 11.8 Å². The Bertz CT molecular complexity index is 515. The molecule has 21 heavy (non-hydrogen) atoms. The number of carbonyl (C=O) groups excluding carboxylic acids is 2. The molecule has 3 atom stereocenters. The van der Waals surface area contributed by atoms with E-state index in [1.807, 2.05) is 30.3 Å². The van der Waals surface area contributed by atoms with Crippen LogP contribution in [0.4, 0.5) is 0 Å². The Morgan fingerprint density at radius 2 is 1.76 bits per heavy atom. The number of hydrogen-bond acceptors (Lipinski definition) is 2. The van der Waals surface area contributed by atoms with Gasteiger partial charge in [-0.1, -0.05) is 36.8 Å². The van der Waals surface area contributed by atoms with Crippen molar-refractivity contribution in [2.24, 2.45) is 17.8 Å². The van der Waals surface area contributed by atoms with E-state index in [2.05, 4.69) is 10.9 Å². The predicted octanol–water partition coefficient (Wildman–Crippen LogP) is 2.20. The highest BCUT2D eigenvalue weighted by atomic mass is 16.2. The van der Waals surface area contributed by atoms with Gasteiger partial charge in [0.25, 0.3) is 0 Å². The van der Waals surface area contributed by atoms with Crippen molar-refractivity contribution in [2.75, 3.05) is 0 Å². The van der Waals surface area contributed by atoms with Gasteiger partial charge in [-0.15, -0.1) is 0 Å². The SMILES string of the molecule is O=C(Cc1ccccc1)NNC(=O)C[C@H]1C[C@H]2CC[C@H]1C2. The highest BCUT2D eigenvalue weighted by molar-refractivity contribution is 5.83. The Kier molecular flexibility index (Phi) is 4.23. The van der Waals surface area contributed by atoms with E-state index < -0.39 is 0 Å². The van der Waals surface area contributed by atoms with E-state index in [1.165, 1.54) is 25.7 Å². The summed E-state index contributed by atoms with van der Waals surface area (Å²) in [6.45, 7) is 0. The zero-order valence-electron chi connectivity index (χ0n) is 12.2. The second-order valence-electron chi connectivity index (χ2n) is 6.40. The lowest BCUT2D eigenvalue weighted by Gasteiger charge is -2.20. The summed E-state index contributed by atoms with van der Waals surface area (Å²) < 4.78 is 0. The Morgan fingerprint density at radius 1 is 1.00 bits per heavy atom. The van der Waals surface area contributed by atoms with Crippen LogP contribution in [0.1, 0.15) is 37.7 Å². The first-order chi connectivity index (χ1) is 10.2. The number of amides is 2. The lowest BCUT2D eigenvalue weighted by molar-refractivity contribution is -0.129. The van der Waals surface area contributed by atoms with E-state index in [4.69, 9.17) is 0 Å². The number of rotatable bonds is 4. The maximum Gasteiger partial charge on any atom is 0.242 e. The molecule has 2 aliphatic rings. The van der Waals surface area contributed by atoms with Gasteiger partial charge in [0.1, 0.15) is 0 Å². The molecule has 0 aliphatic heterocycles. The summed E-state index contributed by atoms with van der Waals surface area (Å²) >= 11 is 0. The number of carbonyl (C=O) groups is 2. The number of nitrogens with one attached hydrogen (secondary N) is 2. The normalized spacial score (nSPS) is 26.6. The van der Waals surface area contributed by atoms with Crippen LogP contribution in [0, 0.1) is 17.8 Å². The first-order valence-electron chi connectivity index (χ1n) is 7.82. The number of hydrazine groups is 1. The zero-order valence-corrected chi connectivity index (χ0v) is 12.2. The molecule has 112 valence electrons. The van der Waals surface area contributed by atoms with Crippen molar-refractivity contribution in [3.05, 3.63) is 35.9 Å². The second-order valence-corrected chi connectivity index (χ2v) is 6.40. The molecule has 1 aromatic carbocycles. The molecule has 0 saturated heterocycles. The van der Waals surface area contributed by atoms with Crippen LogP contribution in [0.25, 0.3) is 0 Å². The summed E-state index contributed by atoms with van der Waals surface area (Å²) in [6.07, 6.45) is 5.95. The van der Waals surface area contributed by atoms with E-state index in [1.54, 1.807) is 0 Å². The third-order valence-electron chi connectivity index (χ3n) is 4.88. The molecular weight excluding hydrogens is 264 g/mol. The molecule has 2 bridgehead atoms. The molecule has 2 amide bonds. The Morgan fingerprint density at radius 3 is 2.43 bits per heavy atom. The first kappa shape index (κ1) is 14.1. The van der Waals surface area contributed by atoms with Crippen molar-refractivity contribution in [2.45, 2.75) is 38.5 Å². The minimum Gasteiger partial charge on any atom is -0.273 e. The van der Waals surface area contributed by atoms with E-state index in [0.29, 0.717) is 12.3 Å². The Labute approximate surface area is 125 Å². The van der Waals surface area contributed by atoms with Crippen LogP contribution in [0.15, 0.2) is 30.3 Å². The summed E-state index contributed by atoms with van der Waals surface area (Å²) in [5.74, 6) is 1.87. The van der Waals surface area contributed by atoms with Gasteiger partial charge in [0.15, 0.2) is 0 Å². The van der Waals surface area contributed by atoms with Gasteiger partial charge in [0.05, 0.1) is 6.42 Å². The second kappa shape index (κ2) is 6.29. The molecule has 2 N–H and O–H groups in total. The quantitative estimate of drug-likeness (QED) is 0.834. The van der Waals surface area contributed by atoms with E-state index >= 15 is 0 Å². The molecule has 1 aromatic rings. The van der Waals surface area contributed by atoms with Gasteiger partial charge >= 0.3 is 0 Å². The average molecular weight is 286 g/mol. The van der Waals surface area contributed by atoms with Crippen LogP contribution < -0.4 is 10.9 Å². The molecule has 2 fully saturated rings. The fourth-order valence-corrected chi connectivity index (χ4v) is 3.88. The third-order valence-corrected chi connectivity index (χ3v) is 4.88. The zero-order chi connectivity index (χ0) is 14.7. The Hall–Kier alpha value is -1.84. The maximum atomic E-state index is 11.9. The van der Waals surface area contributed by atoms with Gasteiger partial charge in [-0.05, 0) is 42.6 Å². The van der Waals surface area contributed by atoms with Gasteiger partial charge in [0, 0.05) is 6.42 Å². The summed E-state index contributed by atoms with van der Waals surface area (Å²) in [6, 6.07) is 9.51. The van der Waals surface area contributed by atoms with E-state index in [-0.39, 0.29) is 18.2 Å². The smallest absolute Gasteiger partial charge is 0.242 e. The Balaban J connectivity index is 1.38. The van der Waals surface area contributed by atoms with Crippen LogP contribution in [-0.4, -0.2) is 11.8 Å². The van der Waals surface area contributed by atoms with E-state index in [9.17, 15) is 9.59 Å². The third kappa shape index (κ3) is 3.63. The molecule has 0 radical (unpaired) electrons. The summed E-state index contributed by atoms with van der Waals surface area (Å²) in [4.78, 5) is 23.7. The largest absolute Gasteiger partial charge is 0.273 e. The van der Waals surface area contributed by atoms with Crippen LogP contribution in [0.2, 0.25) is 0 Å². The van der Waals surface area contributed by atoms with Crippen LogP contribution in [-0.2, 0) is 16.0 Å². The molecule has 0 aromatic heterocycles. The fourth-order valence-electron chi connectivity index (χ4n) is 3.88. The molecule has 0 unspecified atom stereocenters. The maximum absolute atomic E-state index is 11.9. The molecule has 0 heterocycles. The number of fused-ring (bicyclic) bond motifs is 2. The highest BCUT2D eigenvalue weighted by Crippen LogP contribution is 2.49. The van der Waals surface area contributed by atoms with Gasteiger partial charge in [-0.25, -0.2) is 0 Å². The molecule has 0 spiro atoms. The summed E-state index contributed by atoms with van der Waals surface area (Å²) in [7, 11) is 0. The minimum absolute atomic E-state index is 0.0611. The van der Waals surface area contributed by atoms with Crippen molar-refractivity contribution in [3.8, 4) is 0 Å². The highest BCUT2D eigenvalue weighted by Gasteiger charge is 2.40. The van der Waals surface area contributed by atoms with Crippen molar-refractivity contribution < 1.29 is 9.59 Å². The summed E-state index contributed by atoms with van der Waals surface area (Å²) in [5.41, 5.74) is 6.00. The summed E-state index contributed by atoms with van der Waals surface area (Å²) in [5, 5.41) is 0. The van der Waals surface area contributed by atoms with Crippen molar-refractivity contribution in [3.63, 3.8) is 0 Å². The molecule has 4 nitrogen and oxygen atoms in total. The molecule has 2 aliphatic carbocycles. The average Bonchev–Trinajstić information content (AvgIpc) is 3.09. The number of benzene rings is 1. The topological polar surface area (TPSA) is 58.2 Å². The standard InChI is InChI=1S/C17H22N2O2/c20-16(10-12-4-2-1-3-5-12)18-19-17(21)11-15-9-13-6-7-14(15)8-13/h1-5,13-15H,6-11H2,(H,18,20)(H,19,21)/t13-,14-,15+/m0/s1. The lowest BCUT2D eigenvalue weighted by atomic mass is 9.86. The molecular formula is C17H22N2O2. The predicted molar refractivity (Wildman–Crippen MR) is 80.0 cm³/mol. The van der Waals surface area contributed by atoms with Crippen molar-refractivity contribution in [1.29, 1.82) is 0 Å². The minimum atomic E-state index is -0.178. The van der Waals surface area contributed by atoms with Crippen LogP contribution >= 0.6 is 0 Å². The molecule has 4 heteroatoms. The number of hydrogen-bond donors (Lipinski definition) is 2. The molecule has 2 saturated carbocycles. The van der Waals surface area contributed by atoms with Gasteiger partial charge < -0.3 is 0 Å². The van der Waals surface area contributed by atoms with Crippen molar-refractivity contribution in [1.82, 2.24) is 10.9 Å². The molecule has 3 rings (SSSR count). The fraction of sp³-hybridized carbons (Fsp3) is 0.529. The van der Waals surface area contributed by atoms with Gasteiger partial charge in [-0.3, -0.25) is 20.4 Å².